The summed E-state index contributed by atoms with van der Waals surface area (Å²) in [6.07, 6.45) is 1.73. The van der Waals surface area contributed by atoms with Crippen molar-refractivity contribution in [2.24, 2.45) is 0 Å². The van der Waals surface area contributed by atoms with Crippen LogP contribution in [0, 0.1) is 5.82 Å². The molecule has 2 aromatic rings. The summed E-state index contributed by atoms with van der Waals surface area (Å²) < 4.78 is 18.3. The van der Waals surface area contributed by atoms with Crippen molar-refractivity contribution >= 4 is 29.3 Å². The quantitative estimate of drug-likeness (QED) is 0.853. The van der Waals surface area contributed by atoms with Crippen LogP contribution in [0.2, 0.25) is 5.02 Å². The fourth-order valence-corrected chi connectivity index (χ4v) is 2.20. The van der Waals surface area contributed by atoms with E-state index in [1.54, 1.807) is 24.3 Å². The molecule has 2 aromatic carbocycles. The van der Waals surface area contributed by atoms with Crippen molar-refractivity contribution in [3.05, 3.63) is 64.4 Å². The topological polar surface area (TPSA) is 50.4 Å². The summed E-state index contributed by atoms with van der Waals surface area (Å²) >= 11 is 5.93. The first kappa shape index (κ1) is 14.4. The van der Waals surface area contributed by atoms with Gasteiger partial charge in [-0.25, -0.2) is 4.39 Å². The minimum atomic E-state index is -0.339. The van der Waals surface area contributed by atoms with Crippen molar-refractivity contribution in [3.8, 4) is 5.75 Å². The van der Waals surface area contributed by atoms with Crippen molar-refractivity contribution in [1.29, 1.82) is 0 Å². The van der Waals surface area contributed by atoms with Gasteiger partial charge in [0, 0.05) is 10.6 Å². The molecular weight excluding hydrogens is 307 g/mol. The van der Waals surface area contributed by atoms with Gasteiger partial charge in [-0.3, -0.25) is 15.6 Å². The number of benzene rings is 2. The number of anilines is 1. The Balaban J connectivity index is 1.69. The molecular formula is C16H12ClFN2O2. The molecule has 0 aliphatic carbocycles. The van der Waals surface area contributed by atoms with Gasteiger partial charge in [0.2, 0.25) is 0 Å². The lowest BCUT2D eigenvalue weighted by atomic mass is 10.1. The molecule has 1 aliphatic heterocycles. The number of nitrogens with one attached hydrogen (secondary N) is 2. The predicted octanol–water partition coefficient (Wildman–Crippen LogP) is 3.40. The fourth-order valence-electron chi connectivity index (χ4n) is 2.02. The normalized spacial score (nSPS) is 12.7. The van der Waals surface area contributed by atoms with Crippen LogP contribution in [0.4, 0.5) is 10.1 Å². The summed E-state index contributed by atoms with van der Waals surface area (Å²) in [4.78, 5) is 12.1. The molecule has 0 unspecified atom stereocenters. The summed E-state index contributed by atoms with van der Waals surface area (Å²) in [6, 6.07) is 10.9. The Kier molecular flexibility index (Phi) is 3.98. The molecule has 0 radical (unpaired) electrons. The maximum Gasteiger partial charge on any atom is 0.269 e. The van der Waals surface area contributed by atoms with Crippen molar-refractivity contribution < 1.29 is 13.9 Å². The van der Waals surface area contributed by atoms with E-state index in [0.29, 0.717) is 22.0 Å². The molecule has 0 saturated carbocycles. The van der Waals surface area contributed by atoms with Crippen LogP contribution < -0.4 is 15.6 Å². The van der Waals surface area contributed by atoms with Gasteiger partial charge in [0.15, 0.2) is 0 Å². The number of amides is 1. The molecule has 112 valence electrons. The van der Waals surface area contributed by atoms with Crippen molar-refractivity contribution in [2.45, 2.75) is 0 Å². The van der Waals surface area contributed by atoms with Crippen LogP contribution in [-0.2, 0) is 4.79 Å². The van der Waals surface area contributed by atoms with Gasteiger partial charge in [0.25, 0.3) is 5.91 Å². The van der Waals surface area contributed by atoms with E-state index in [4.69, 9.17) is 16.3 Å². The van der Waals surface area contributed by atoms with Gasteiger partial charge in [-0.15, -0.1) is 0 Å². The number of rotatable bonds is 3. The molecule has 0 spiro atoms. The molecule has 1 amide bonds. The van der Waals surface area contributed by atoms with Gasteiger partial charge >= 0.3 is 0 Å². The zero-order chi connectivity index (χ0) is 15.5. The molecule has 1 aliphatic rings. The van der Waals surface area contributed by atoms with Crippen LogP contribution in [0.1, 0.15) is 5.56 Å². The first-order valence-corrected chi connectivity index (χ1v) is 6.94. The van der Waals surface area contributed by atoms with E-state index in [0.717, 1.165) is 5.56 Å². The number of carbonyl (C=O) groups excluding carboxylic acids is 1. The largest absolute Gasteiger partial charge is 0.488 e. The van der Waals surface area contributed by atoms with Gasteiger partial charge in [-0.2, -0.15) is 0 Å². The Bertz CT molecular complexity index is 744. The van der Waals surface area contributed by atoms with Crippen LogP contribution in [0.3, 0.4) is 0 Å². The SMILES string of the molecule is O=C(NNc1ccc(F)cc1)C1=Cc2cc(Cl)ccc2OC1. The van der Waals surface area contributed by atoms with E-state index >= 15 is 0 Å². The zero-order valence-corrected chi connectivity index (χ0v) is 12.2. The maximum absolute atomic E-state index is 12.8. The Hall–Kier alpha value is -2.53. The van der Waals surface area contributed by atoms with Crippen LogP contribution in [0.5, 0.6) is 5.75 Å². The number of hydrogen-bond acceptors (Lipinski definition) is 3. The average Bonchev–Trinajstić information content (AvgIpc) is 2.53. The number of fused-ring (bicyclic) bond motifs is 1. The number of halogens is 2. The minimum absolute atomic E-state index is 0.172. The molecule has 0 atom stereocenters. The summed E-state index contributed by atoms with van der Waals surface area (Å²) in [7, 11) is 0. The highest BCUT2D eigenvalue weighted by Gasteiger charge is 2.17. The fraction of sp³-hybridized carbons (Fsp3) is 0.0625. The molecule has 0 saturated heterocycles. The number of hydrazine groups is 1. The van der Waals surface area contributed by atoms with Gasteiger partial charge in [0.1, 0.15) is 18.2 Å². The molecule has 22 heavy (non-hydrogen) atoms. The Morgan fingerprint density at radius 2 is 1.95 bits per heavy atom. The van der Waals surface area contributed by atoms with E-state index in [9.17, 15) is 9.18 Å². The first-order valence-electron chi connectivity index (χ1n) is 6.57. The van der Waals surface area contributed by atoms with Gasteiger partial charge in [-0.05, 0) is 48.5 Å². The molecule has 0 aromatic heterocycles. The monoisotopic (exact) mass is 318 g/mol. The first-order chi connectivity index (χ1) is 10.6. The van der Waals surface area contributed by atoms with Crippen LogP contribution in [-0.4, -0.2) is 12.5 Å². The summed E-state index contributed by atoms with van der Waals surface area (Å²) in [5.74, 6) is 0.0242. The average molecular weight is 319 g/mol. The standard InChI is InChI=1S/C16H12ClFN2O2/c17-12-1-6-15-10(8-12)7-11(9-22-15)16(21)20-19-14-4-2-13(18)3-5-14/h1-8,19H,9H2,(H,20,21). The molecule has 3 rings (SSSR count). The van der Waals surface area contributed by atoms with Gasteiger partial charge in [0.05, 0.1) is 11.3 Å². The van der Waals surface area contributed by atoms with Crippen LogP contribution in [0.25, 0.3) is 6.08 Å². The Morgan fingerprint density at radius 3 is 2.73 bits per heavy atom. The van der Waals surface area contributed by atoms with Gasteiger partial charge < -0.3 is 4.74 Å². The highest BCUT2D eigenvalue weighted by molar-refractivity contribution is 6.30. The van der Waals surface area contributed by atoms with E-state index in [1.165, 1.54) is 24.3 Å². The summed E-state index contributed by atoms with van der Waals surface area (Å²) in [6.45, 7) is 0.172. The zero-order valence-electron chi connectivity index (χ0n) is 11.4. The summed E-state index contributed by atoms with van der Waals surface area (Å²) in [5, 5.41) is 0.574. The summed E-state index contributed by atoms with van der Waals surface area (Å²) in [5.41, 5.74) is 7.05. The third kappa shape index (κ3) is 3.20. The lowest BCUT2D eigenvalue weighted by molar-refractivity contribution is -0.117. The second-order valence-electron chi connectivity index (χ2n) is 4.73. The number of hydrogen-bond donors (Lipinski definition) is 2. The van der Waals surface area contributed by atoms with Crippen LogP contribution in [0.15, 0.2) is 48.0 Å². The van der Waals surface area contributed by atoms with E-state index in [1.807, 2.05) is 0 Å². The Labute approximate surface area is 131 Å². The third-order valence-electron chi connectivity index (χ3n) is 3.14. The third-order valence-corrected chi connectivity index (χ3v) is 3.38. The van der Waals surface area contributed by atoms with Crippen molar-refractivity contribution in [2.75, 3.05) is 12.0 Å². The lowest BCUT2D eigenvalue weighted by Gasteiger charge is -2.18. The van der Waals surface area contributed by atoms with E-state index in [-0.39, 0.29) is 18.3 Å². The minimum Gasteiger partial charge on any atom is -0.488 e. The second kappa shape index (κ2) is 6.07. The number of carbonyl (C=O) groups is 1. The van der Waals surface area contributed by atoms with Crippen molar-refractivity contribution in [3.63, 3.8) is 0 Å². The molecule has 2 N–H and O–H groups in total. The van der Waals surface area contributed by atoms with E-state index < -0.39 is 0 Å². The lowest BCUT2D eigenvalue weighted by Crippen LogP contribution is -2.33. The molecule has 1 heterocycles. The molecule has 0 bridgehead atoms. The smallest absolute Gasteiger partial charge is 0.269 e. The van der Waals surface area contributed by atoms with Crippen LogP contribution >= 0.6 is 11.6 Å². The predicted molar refractivity (Wildman–Crippen MR) is 83.1 cm³/mol. The Morgan fingerprint density at radius 1 is 1.18 bits per heavy atom. The van der Waals surface area contributed by atoms with Gasteiger partial charge in [-0.1, -0.05) is 11.6 Å². The molecule has 6 heteroatoms. The van der Waals surface area contributed by atoms with E-state index in [2.05, 4.69) is 10.9 Å². The second-order valence-corrected chi connectivity index (χ2v) is 5.16. The maximum atomic E-state index is 12.8. The highest BCUT2D eigenvalue weighted by atomic mass is 35.5. The number of ether oxygens (including phenoxy) is 1. The molecule has 4 nitrogen and oxygen atoms in total. The highest BCUT2D eigenvalue weighted by Crippen LogP contribution is 2.28. The van der Waals surface area contributed by atoms with Crippen molar-refractivity contribution in [1.82, 2.24) is 5.43 Å². The molecule has 0 fully saturated rings.